The molecule has 5 rings (SSSR count). The highest BCUT2D eigenvalue weighted by molar-refractivity contribution is 9.10. The first-order valence-corrected chi connectivity index (χ1v) is 12.2. The number of carbonyl (C=O) groups is 2. The molecule has 0 bridgehead atoms. The summed E-state index contributed by atoms with van der Waals surface area (Å²) in [5.41, 5.74) is 2.34. The van der Waals surface area contributed by atoms with Crippen LogP contribution in [0.5, 0.6) is 0 Å². The highest BCUT2D eigenvalue weighted by Crippen LogP contribution is 2.37. The van der Waals surface area contributed by atoms with Gasteiger partial charge in [0, 0.05) is 27.1 Å². The van der Waals surface area contributed by atoms with Gasteiger partial charge in [-0.15, -0.1) is 0 Å². The van der Waals surface area contributed by atoms with Gasteiger partial charge in [-0.2, -0.15) is 0 Å². The van der Waals surface area contributed by atoms with Gasteiger partial charge in [-0.1, -0.05) is 53.4 Å². The highest BCUT2D eigenvalue weighted by atomic mass is 79.9. The number of hydrogen-bond donors (Lipinski definition) is 1. The van der Waals surface area contributed by atoms with Gasteiger partial charge in [0.15, 0.2) is 0 Å². The molecule has 1 fully saturated rings. The van der Waals surface area contributed by atoms with Crippen LogP contribution < -0.4 is 10.2 Å². The lowest BCUT2D eigenvalue weighted by atomic mass is 9.91. The second-order valence-electron chi connectivity index (χ2n) is 9.33. The maximum atomic E-state index is 13.9. The molecule has 1 unspecified atom stereocenters. The van der Waals surface area contributed by atoms with E-state index in [1.807, 2.05) is 66.9 Å². The Morgan fingerprint density at radius 3 is 2.59 bits per heavy atom. The molecule has 1 aliphatic heterocycles. The molecule has 2 amide bonds. The molecule has 1 aliphatic carbocycles. The number of fused-ring (bicyclic) bond motifs is 3. The van der Waals surface area contributed by atoms with Gasteiger partial charge in [0.25, 0.3) is 5.91 Å². The number of amides is 2. The largest absolute Gasteiger partial charge is 0.351 e. The lowest BCUT2D eigenvalue weighted by Crippen LogP contribution is -2.65. The van der Waals surface area contributed by atoms with Crippen LogP contribution in [0, 0.1) is 6.92 Å². The number of nitrogens with zero attached hydrogens (tertiary/aromatic N) is 2. The number of halogens is 1. The summed E-state index contributed by atoms with van der Waals surface area (Å²) in [5, 5.41) is 4.30. The fourth-order valence-electron chi connectivity index (χ4n) is 5.21. The van der Waals surface area contributed by atoms with Crippen molar-refractivity contribution in [2.75, 3.05) is 4.90 Å². The maximum absolute atomic E-state index is 13.9. The summed E-state index contributed by atoms with van der Waals surface area (Å²) >= 11 is 3.55. The van der Waals surface area contributed by atoms with Crippen LogP contribution >= 0.6 is 15.9 Å². The number of carbonyl (C=O) groups excluding carboxylic acids is 2. The second kappa shape index (κ2) is 8.07. The van der Waals surface area contributed by atoms with E-state index in [2.05, 4.69) is 21.2 Å². The fourth-order valence-corrected chi connectivity index (χ4v) is 5.45. The number of aromatic nitrogens is 1. The predicted molar refractivity (Wildman–Crippen MR) is 131 cm³/mol. The lowest BCUT2D eigenvalue weighted by Gasteiger charge is -2.45. The third-order valence-corrected chi connectivity index (χ3v) is 7.91. The van der Waals surface area contributed by atoms with Crippen LogP contribution in [0.25, 0.3) is 10.9 Å². The summed E-state index contributed by atoms with van der Waals surface area (Å²) < 4.78 is 2.99. The van der Waals surface area contributed by atoms with Crippen molar-refractivity contribution < 1.29 is 9.59 Å². The first-order chi connectivity index (χ1) is 15.4. The Balaban J connectivity index is 1.62. The van der Waals surface area contributed by atoms with Gasteiger partial charge in [0.1, 0.15) is 11.2 Å². The zero-order valence-electron chi connectivity index (χ0n) is 18.5. The summed E-state index contributed by atoms with van der Waals surface area (Å²) in [6, 6.07) is 15.9. The maximum Gasteiger partial charge on any atom is 0.275 e. The molecule has 5 nitrogen and oxygen atoms in total. The Labute approximate surface area is 196 Å². The number of para-hydroxylation sites is 1. The monoisotopic (exact) mass is 493 g/mol. The molecule has 1 atom stereocenters. The molecule has 166 valence electrons. The van der Waals surface area contributed by atoms with Crippen molar-refractivity contribution in [1.29, 1.82) is 0 Å². The summed E-state index contributed by atoms with van der Waals surface area (Å²) in [6.07, 6.45) is 5.52. The molecule has 32 heavy (non-hydrogen) atoms. The van der Waals surface area contributed by atoms with Crippen molar-refractivity contribution in [2.24, 2.45) is 0 Å². The summed E-state index contributed by atoms with van der Waals surface area (Å²) in [4.78, 5) is 29.4. The Morgan fingerprint density at radius 1 is 1.09 bits per heavy atom. The van der Waals surface area contributed by atoms with E-state index in [4.69, 9.17) is 0 Å². The van der Waals surface area contributed by atoms with Crippen LogP contribution in [0.15, 0.2) is 53.0 Å². The number of rotatable bonds is 3. The van der Waals surface area contributed by atoms with E-state index in [0.29, 0.717) is 12.2 Å². The Kier molecular flexibility index (Phi) is 5.36. The molecular formula is C26H28BrN3O2. The highest BCUT2D eigenvalue weighted by Gasteiger charge is 2.49. The standard InChI is InChI=1S/C26H28BrN3O2/c1-17-14-20(12-13-21(17)27)30-24(31)23-15-18-8-6-7-11-22(18)29(23)16-26(30,2)25(32)28-19-9-4-3-5-10-19/h6-8,11-15,19H,3-5,9-10,16H2,1-2H3,(H,28,32). The molecular weight excluding hydrogens is 466 g/mol. The Morgan fingerprint density at radius 2 is 1.84 bits per heavy atom. The van der Waals surface area contributed by atoms with E-state index in [-0.39, 0.29) is 17.9 Å². The molecule has 1 N–H and O–H groups in total. The molecule has 0 spiro atoms. The van der Waals surface area contributed by atoms with Crippen LogP contribution in [0.2, 0.25) is 0 Å². The zero-order valence-corrected chi connectivity index (χ0v) is 20.1. The molecule has 1 saturated carbocycles. The van der Waals surface area contributed by atoms with E-state index < -0.39 is 5.54 Å². The average Bonchev–Trinajstić information content (AvgIpc) is 3.15. The van der Waals surface area contributed by atoms with Gasteiger partial charge in [-0.3, -0.25) is 14.5 Å². The molecule has 2 aromatic carbocycles. The van der Waals surface area contributed by atoms with Crippen molar-refractivity contribution in [3.8, 4) is 0 Å². The zero-order chi connectivity index (χ0) is 22.5. The van der Waals surface area contributed by atoms with Crippen molar-refractivity contribution in [3.63, 3.8) is 0 Å². The number of hydrogen-bond acceptors (Lipinski definition) is 2. The normalized spacial score (nSPS) is 21.6. The van der Waals surface area contributed by atoms with Crippen molar-refractivity contribution >= 4 is 44.3 Å². The van der Waals surface area contributed by atoms with E-state index in [9.17, 15) is 9.59 Å². The number of aryl methyl sites for hydroxylation is 1. The topological polar surface area (TPSA) is 54.3 Å². The number of nitrogens with one attached hydrogen (secondary N) is 1. The van der Waals surface area contributed by atoms with Gasteiger partial charge in [-0.05, 0) is 62.6 Å². The minimum atomic E-state index is -1.04. The van der Waals surface area contributed by atoms with Crippen LogP contribution in [-0.2, 0) is 11.3 Å². The third-order valence-electron chi connectivity index (χ3n) is 7.02. The molecule has 3 aromatic rings. The van der Waals surface area contributed by atoms with Crippen LogP contribution in [0.4, 0.5) is 5.69 Å². The smallest absolute Gasteiger partial charge is 0.275 e. The van der Waals surface area contributed by atoms with E-state index in [1.165, 1.54) is 6.42 Å². The van der Waals surface area contributed by atoms with E-state index in [1.54, 1.807) is 4.90 Å². The quantitative estimate of drug-likeness (QED) is 0.517. The number of anilines is 1. The average molecular weight is 494 g/mol. The van der Waals surface area contributed by atoms with Crippen LogP contribution in [-0.4, -0.2) is 28.0 Å². The fraction of sp³-hybridized carbons (Fsp3) is 0.385. The van der Waals surface area contributed by atoms with Crippen molar-refractivity contribution in [3.05, 3.63) is 64.3 Å². The molecule has 0 saturated heterocycles. The summed E-state index contributed by atoms with van der Waals surface area (Å²) in [7, 11) is 0. The minimum Gasteiger partial charge on any atom is -0.351 e. The van der Waals surface area contributed by atoms with Crippen molar-refractivity contribution in [1.82, 2.24) is 9.88 Å². The van der Waals surface area contributed by atoms with Gasteiger partial charge >= 0.3 is 0 Å². The predicted octanol–water partition coefficient (Wildman–Crippen LogP) is 5.58. The van der Waals surface area contributed by atoms with Gasteiger partial charge in [-0.25, -0.2) is 0 Å². The summed E-state index contributed by atoms with van der Waals surface area (Å²) in [5.74, 6) is -0.225. The molecule has 2 heterocycles. The van der Waals surface area contributed by atoms with E-state index in [0.717, 1.165) is 52.3 Å². The molecule has 6 heteroatoms. The van der Waals surface area contributed by atoms with Crippen LogP contribution in [0.1, 0.15) is 55.1 Å². The molecule has 0 radical (unpaired) electrons. The Bertz CT molecular complexity index is 1210. The van der Waals surface area contributed by atoms with Gasteiger partial charge in [0.05, 0.1) is 6.54 Å². The molecule has 1 aromatic heterocycles. The van der Waals surface area contributed by atoms with Crippen molar-refractivity contribution in [2.45, 2.75) is 64.1 Å². The van der Waals surface area contributed by atoms with Crippen LogP contribution in [0.3, 0.4) is 0 Å². The number of benzene rings is 2. The summed E-state index contributed by atoms with van der Waals surface area (Å²) in [6.45, 7) is 4.31. The first-order valence-electron chi connectivity index (χ1n) is 11.4. The first kappa shape index (κ1) is 21.3. The second-order valence-corrected chi connectivity index (χ2v) is 10.2. The lowest BCUT2D eigenvalue weighted by molar-refractivity contribution is -0.127. The Hall–Kier alpha value is -2.60. The van der Waals surface area contributed by atoms with Gasteiger partial charge < -0.3 is 9.88 Å². The molecule has 2 aliphatic rings. The van der Waals surface area contributed by atoms with E-state index >= 15 is 0 Å². The SMILES string of the molecule is Cc1cc(N2C(=O)c3cc4ccccc4n3CC2(C)C(=O)NC2CCCCC2)ccc1Br. The minimum absolute atomic E-state index is 0.0817. The van der Waals surface area contributed by atoms with Gasteiger partial charge in [0.2, 0.25) is 5.91 Å². The third kappa shape index (κ3) is 3.45.